The molecule has 0 bridgehead atoms. The van der Waals surface area contributed by atoms with Gasteiger partial charge in [0.15, 0.2) is 11.2 Å². The van der Waals surface area contributed by atoms with Crippen LogP contribution in [0, 0.1) is 0 Å². The monoisotopic (exact) mass is 184 g/mol. The average molecular weight is 184 g/mol. The summed E-state index contributed by atoms with van der Waals surface area (Å²) in [5.41, 5.74) is 1.47. The van der Waals surface area contributed by atoms with Crippen molar-refractivity contribution in [3.8, 4) is 0 Å². The second-order valence-corrected chi connectivity index (χ2v) is 2.90. The Bertz CT molecular complexity index is 612. The lowest BCUT2D eigenvalue weighted by Crippen LogP contribution is -2.39. The highest BCUT2D eigenvalue weighted by Crippen LogP contribution is 2.05. The predicted octanol–water partition coefficient (Wildman–Crippen LogP) is -1.17. The summed E-state index contributed by atoms with van der Waals surface area (Å²) in [4.78, 5) is 19.2. The van der Waals surface area contributed by atoms with Gasteiger partial charge in [0.2, 0.25) is 0 Å². The summed E-state index contributed by atoms with van der Waals surface area (Å²) in [6.45, 7) is 0. The molecular weight excluding hydrogens is 180 g/mol. The number of carbonyl (C=O) groups excluding carboxylic acids is 1. The van der Waals surface area contributed by atoms with Gasteiger partial charge >= 0.3 is 0 Å². The second kappa shape index (κ2) is 2.41. The van der Waals surface area contributed by atoms with Gasteiger partial charge in [-0.05, 0) is 12.1 Å². The predicted molar refractivity (Wildman–Crippen MR) is 49.4 cm³/mol. The van der Waals surface area contributed by atoms with Crippen molar-refractivity contribution < 1.29 is 4.79 Å². The van der Waals surface area contributed by atoms with Gasteiger partial charge in [-0.15, -0.1) is 5.10 Å². The van der Waals surface area contributed by atoms with Crippen LogP contribution in [-0.4, -0.2) is 22.8 Å². The molecule has 0 saturated carbocycles. The maximum atomic E-state index is 11.4. The fourth-order valence-electron chi connectivity index (χ4n) is 1.46. The van der Waals surface area contributed by atoms with Crippen LogP contribution in [0.5, 0.6) is 0 Å². The average Bonchev–Trinajstić information content (AvgIpc) is 2.67. The Morgan fingerprint density at radius 2 is 2.21 bits per heavy atom. The van der Waals surface area contributed by atoms with E-state index in [4.69, 9.17) is 0 Å². The van der Waals surface area contributed by atoms with Crippen molar-refractivity contribution in [2.24, 2.45) is 15.2 Å². The van der Waals surface area contributed by atoms with E-state index < -0.39 is 0 Å². The molecule has 1 amide bonds. The maximum Gasteiger partial charge on any atom is 0.300 e. The first-order valence-corrected chi connectivity index (χ1v) is 4.06. The molecule has 2 aliphatic heterocycles. The molecule has 3 rings (SSSR count). The van der Waals surface area contributed by atoms with Gasteiger partial charge in [0.05, 0.1) is 6.21 Å². The van der Waals surface area contributed by atoms with Crippen molar-refractivity contribution in [2.45, 2.75) is 0 Å². The number of hydrogen-bond acceptors (Lipinski definition) is 4. The van der Waals surface area contributed by atoms with Crippen molar-refractivity contribution in [2.75, 3.05) is 0 Å². The lowest BCUT2D eigenvalue weighted by molar-refractivity contribution is -0.112. The van der Waals surface area contributed by atoms with Crippen LogP contribution >= 0.6 is 0 Å². The maximum absolute atomic E-state index is 11.4. The molecule has 66 valence electrons. The zero-order valence-electron chi connectivity index (χ0n) is 7.01. The standard InChI is InChI=1S/C9H4N4O/c14-9-7-6(4-11-13-7)5-2-1-3-10-8(5)12-9/h1-4H. The normalized spacial score (nSPS) is 17.3. The van der Waals surface area contributed by atoms with Crippen LogP contribution in [0.1, 0.15) is 0 Å². The molecule has 0 aliphatic carbocycles. The van der Waals surface area contributed by atoms with Gasteiger partial charge in [-0.25, -0.2) is 4.98 Å². The van der Waals surface area contributed by atoms with Crippen LogP contribution in [0.3, 0.4) is 0 Å². The minimum absolute atomic E-state index is 0.311. The summed E-state index contributed by atoms with van der Waals surface area (Å²) < 4.78 is 0. The minimum Gasteiger partial charge on any atom is -0.265 e. The molecule has 0 fully saturated rings. The molecule has 2 aliphatic rings. The third kappa shape index (κ3) is 0.806. The summed E-state index contributed by atoms with van der Waals surface area (Å²) in [6, 6.07) is 3.64. The summed E-state index contributed by atoms with van der Waals surface area (Å²) in [5, 5.41) is 8.22. The summed E-state index contributed by atoms with van der Waals surface area (Å²) in [5.74, 6) is -0.372. The third-order valence-corrected chi connectivity index (χ3v) is 2.09. The first-order valence-electron chi connectivity index (χ1n) is 4.06. The summed E-state index contributed by atoms with van der Waals surface area (Å²) >= 11 is 0. The molecule has 14 heavy (non-hydrogen) atoms. The largest absolute Gasteiger partial charge is 0.300 e. The van der Waals surface area contributed by atoms with E-state index in [0.29, 0.717) is 16.8 Å². The van der Waals surface area contributed by atoms with Gasteiger partial charge in [-0.2, -0.15) is 10.1 Å². The molecule has 0 aromatic carbocycles. The van der Waals surface area contributed by atoms with Crippen LogP contribution < -0.4 is 10.7 Å². The number of aromatic nitrogens is 1. The molecule has 0 unspecified atom stereocenters. The molecule has 1 aromatic heterocycles. The quantitative estimate of drug-likeness (QED) is 0.510. The van der Waals surface area contributed by atoms with Crippen LogP contribution in [0.4, 0.5) is 0 Å². The fraction of sp³-hybridized carbons (Fsp3) is 0. The molecule has 1 aromatic rings. The second-order valence-electron chi connectivity index (χ2n) is 2.90. The summed E-state index contributed by atoms with van der Waals surface area (Å²) in [7, 11) is 0. The van der Waals surface area contributed by atoms with Gasteiger partial charge in [-0.1, -0.05) is 0 Å². The number of amides is 1. The van der Waals surface area contributed by atoms with Gasteiger partial charge in [0.1, 0.15) is 0 Å². The van der Waals surface area contributed by atoms with E-state index in [-0.39, 0.29) is 5.91 Å². The van der Waals surface area contributed by atoms with Crippen molar-refractivity contribution in [1.29, 1.82) is 0 Å². The lowest BCUT2D eigenvalue weighted by Gasteiger charge is -2.01. The highest BCUT2D eigenvalue weighted by atomic mass is 16.1. The highest BCUT2D eigenvalue weighted by molar-refractivity contribution is 6.62. The van der Waals surface area contributed by atoms with E-state index in [0.717, 1.165) is 5.22 Å². The smallest absolute Gasteiger partial charge is 0.265 e. The Hall–Kier alpha value is -2.17. The van der Waals surface area contributed by atoms with Gasteiger partial charge in [-0.3, -0.25) is 4.79 Å². The Morgan fingerprint density at radius 1 is 1.29 bits per heavy atom. The van der Waals surface area contributed by atoms with E-state index in [1.165, 1.54) is 0 Å². The van der Waals surface area contributed by atoms with E-state index in [9.17, 15) is 4.79 Å². The van der Waals surface area contributed by atoms with Crippen LogP contribution in [0.25, 0.3) is 5.57 Å². The fourth-order valence-corrected chi connectivity index (χ4v) is 1.46. The number of nitrogens with zero attached hydrogens (tertiary/aromatic N) is 4. The molecule has 0 radical (unpaired) electrons. The molecule has 3 heterocycles. The highest BCUT2D eigenvalue weighted by Gasteiger charge is 2.23. The number of hydrogen-bond donors (Lipinski definition) is 0. The molecule has 0 N–H and O–H groups in total. The van der Waals surface area contributed by atoms with Crippen molar-refractivity contribution in [3.05, 3.63) is 29.0 Å². The van der Waals surface area contributed by atoms with Crippen molar-refractivity contribution in [3.63, 3.8) is 0 Å². The minimum atomic E-state index is -0.372. The van der Waals surface area contributed by atoms with Crippen molar-refractivity contribution >= 4 is 23.4 Å². The number of fused-ring (bicyclic) bond motifs is 2. The topological polar surface area (TPSA) is 67.0 Å². The Balaban J connectivity index is 2.57. The lowest BCUT2D eigenvalue weighted by atomic mass is 10.1. The SMILES string of the molecule is O=C1N=c2ncccc2=C2C=NN=C12. The summed E-state index contributed by atoms with van der Waals surface area (Å²) in [6.07, 6.45) is 3.16. The molecular formula is C9H4N4O. The van der Waals surface area contributed by atoms with Gasteiger partial charge in [0.25, 0.3) is 5.91 Å². The molecule has 0 saturated heterocycles. The van der Waals surface area contributed by atoms with Crippen LogP contribution in [0.2, 0.25) is 0 Å². The van der Waals surface area contributed by atoms with E-state index in [1.807, 2.05) is 6.07 Å². The van der Waals surface area contributed by atoms with Gasteiger partial charge in [0, 0.05) is 17.0 Å². The first-order chi connectivity index (χ1) is 6.86. The van der Waals surface area contributed by atoms with E-state index in [2.05, 4.69) is 20.2 Å². The van der Waals surface area contributed by atoms with E-state index in [1.54, 1.807) is 18.5 Å². The molecule has 5 nitrogen and oxygen atoms in total. The Labute approximate surface area is 78.2 Å². The van der Waals surface area contributed by atoms with Crippen molar-refractivity contribution in [1.82, 2.24) is 4.98 Å². The first kappa shape index (κ1) is 7.25. The van der Waals surface area contributed by atoms with Crippen LogP contribution in [0.15, 0.2) is 33.5 Å². The van der Waals surface area contributed by atoms with Gasteiger partial charge < -0.3 is 0 Å². The Kier molecular flexibility index (Phi) is 1.25. The zero-order valence-corrected chi connectivity index (χ0v) is 7.01. The van der Waals surface area contributed by atoms with E-state index >= 15 is 0 Å². The molecule has 0 spiro atoms. The van der Waals surface area contributed by atoms with Crippen LogP contribution in [-0.2, 0) is 4.79 Å². The Morgan fingerprint density at radius 3 is 3.14 bits per heavy atom. The number of carbonyl (C=O) groups is 1. The zero-order chi connectivity index (χ0) is 9.54. The molecule has 0 atom stereocenters. The number of rotatable bonds is 0. The molecule has 5 heteroatoms. The third-order valence-electron chi connectivity index (χ3n) is 2.09. The number of pyridine rings is 1.